The summed E-state index contributed by atoms with van der Waals surface area (Å²) in [6.07, 6.45) is 7.43. The molecule has 5 heteroatoms. The number of H-pyrrole nitrogens is 1. The second-order valence-electron chi connectivity index (χ2n) is 5.83. The van der Waals surface area contributed by atoms with Gasteiger partial charge >= 0.3 is 6.03 Å². The maximum atomic E-state index is 11.9. The summed E-state index contributed by atoms with van der Waals surface area (Å²) in [7, 11) is 1.74. The van der Waals surface area contributed by atoms with Crippen LogP contribution in [-0.4, -0.2) is 34.5 Å². The van der Waals surface area contributed by atoms with Crippen molar-refractivity contribution in [3.8, 4) is 11.3 Å². The van der Waals surface area contributed by atoms with Gasteiger partial charge in [-0.15, -0.1) is 0 Å². The van der Waals surface area contributed by atoms with E-state index in [-0.39, 0.29) is 6.03 Å². The van der Waals surface area contributed by atoms with Gasteiger partial charge in [0.15, 0.2) is 0 Å². The highest BCUT2D eigenvalue weighted by molar-refractivity contribution is 5.85. The topological polar surface area (TPSA) is 61.0 Å². The maximum absolute atomic E-state index is 11.9. The van der Waals surface area contributed by atoms with Crippen LogP contribution in [0.25, 0.3) is 16.8 Å². The van der Waals surface area contributed by atoms with Crippen LogP contribution in [-0.2, 0) is 0 Å². The summed E-state index contributed by atoms with van der Waals surface area (Å²) in [4.78, 5) is 21.2. The standard InChI is InChI=1S/C19H20N4O/c1-13-6-4-7-15(10-13)17-18(21-12-20-17)16-8-5-9-23(3)19(24)22-14(2)11-16/h4-8,10-12H,2,9H2,1,3H3,(H,20,21)(H,22,24)/b8-5-,16-11+. The van der Waals surface area contributed by atoms with Gasteiger partial charge in [-0.05, 0) is 19.1 Å². The number of hydrogen-bond donors (Lipinski definition) is 2. The number of benzene rings is 1. The minimum Gasteiger partial charge on any atom is -0.344 e. The molecule has 2 amide bonds. The lowest BCUT2D eigenvalue weighted by Crippen LogP contribution is -2.35. The molecule has 0 saturated carbocycles. The van der Waals surface area contributed by atoms with E-state index in [1.807, 2.05) is 30.4 Å². The van der Waals surface area contributed by atoms with Crippen LogP contribution < -0.4 is 5.32 Å². The molecule has 24 heavy (non-hydrogen) atoms. The van der Waals surface area contributed by atoms with Crippen molar-refractivity contribution < 1.29 is 4.79 Å². The smallest absolute Gasteiger partial charge is 0.321 e. The summed E-state index contributed by atoms with van der Waals surface area (Å²) in [6, 6.07) is 8.07. The largest absolute Gasteiger partial charge is 0.344 e. The quantitative estimate of drug-likeness (QED) is 0.890. The average molecular weight is 320 g/mol. The molecule has 1 aliphatic rings. The van der Waals surface area contributed by atoms with Gasteiger partial charge in [0.1, 0.15) is 0 Å². The molecule has 0 bridgehead atoms. The van der Waals surface area contributed by atoms with Crippen LogP contribution in [0.4, 0.5) is 4.79 Å². The number of likely N-dealkylation sites (N-methyl/N-ethyl adjacent to an activating group) is 1. The Balaban J connectivity index is 2.03. The highest BCUT2D eigenvalue weighted by Gasteiger charge is 2.14. The van der Waals surface area contributed by atoms with Crippen LogP contribution in [0.2, 0.25) is 0 Å². The lowest BCUT2D eigenvalue weighted by atomic mass is 10.0. The number of imidazole rings is 1. The van der Waals surface area contributed by atoms with Gasteiger partial charge in [-0.2, -0.15) is 0 Å². The molecule has 1 aliphatic heterocycles. The predicted octanol–water partition coefficient (Wildman–Crippen LogP) is 3.49. The van der Waals surface area contributed by atoms with Gasteiger partial charge < -0.3 is 15.2 Å². The summed E-state index contributed by atoms with van der Waals surface area (Å²) in [5, 5.41) is 2.77. The Morgan fingerprint density at radius 3 is 2.96 bits per heavy atom. The number of nitrogens with zero attached hydrogens (tertiary/aromatic N) is 2. The lowest BCUT2D eigenvalue weighted by Gasteiger charge is -2.14. The van der Waals surface area contributed by atoms with Crippen molar-refractivity contribution in [2.75, 3.05) is 13.6 Å². The van der Waals surface area contributed by atoms with E-state index in [0.29, 0.717) is 12.2 Å². The summed E-state index contributed by atoms with van der Waals surface area (Å²) in [5.74, 6) is 0. The molecule has 2 N–H and O–H groups in total. The van der Waals surface area contributed by atoms with Crippen molar-refractivity contribution in [2.45, 2.75) is 6.92 Å². The van der Waals surface area contributed by atoms with E-state index in [0.717, 1.165) is 22.5 Å². The molecule has 1 aromatic heterocycles. The minimum absolute atomic E-state index is 0.178. The number of allylic oxidation sites excluding steroid dienone is 3. The molecular weight excluding hydrogens is 300 g/mol. The van der Waals surface area contributed by atoms with E-state index in [1.165, 1.54) is 5.56 Å². The maximum Gasteiger partial charge on any atom is 0.321 e. The number of aromatic nitrogens is 2. The summed E-state index contributed by atoms with van der Waals surface area (Å²) in [5.41, 5.74) is 5.46. The number of amides is 2. The highest BCUT2D eigenvalue weighted by Crippen LogP contribution is 2.28. The molecule has 0 aliphatic carbocycles. The third-order valence-electron chi connectivity index (χ3n) is 3.84. The van der Waals surface area contributed by atoms with Crippen molar-refractivity contribution in [2.24, 2.45) is 0 Å². The molecule has 1 aromatic carbocycles. The van der Waals surface area contributed by atoms with Gasteiger partial charge in [0.25, 0.3) is 0 Å². The first-order chi connectivity index (χ1) is 11.5. The summed E-state index contributed by atoms with van der Waals surface area (Å²) in [6.45, 7) is 6.49. The fraction of sp³-hybridized carbons (Fsp3) is 0.158. The molecule has 122 valence electrons. The van der Waals surface area contributed by atoms with E-state index in [1.54, 1.807) is 18.3 Å². The lowest BCUT2D eigenvalue weighted by molar-refractivity contribution is 0.216. The van der Waals surface area contributed by atoms with Crippen molar-refractivity contribution in [3.05, 3.63) is 72.4 Å². The Labute approximate surface area is 141 Å². The Bertz CT molecular complexity index is 845. The zero-order chi connectivity index (χ0) is 17.1. The Kier molecular flexibility index (Phi) is 4.33. The van der Waals surface area contributed by atoms with Crippen LogP contribution in [0.15, 0.2) is 61.1 Å². The van der Waals surface area contributed by atoms with Gasteiger partial charge in [-0.1, -0.05) is 42.5 Å². The minimum atomic E-state index is -0.178. The number of aryl methyl sites for hydroxylation is 1. The Hall–Kier alpha value is -3.08. The molecule has 2 aromatic rings. The number of carbonyl (C=O) groups excluding carboxylic acids is 1. The normalized spacial score (nSPS) is 18.9. The second kappa shape index (κ2) is 6.58. The monoisotopic (exact) mass is 320 g/mol. The highest BCUT2D eigenvalue weighted by atomic mass is 16.2. The second-order valence-corrected chi connectivity index (χ2v) is 5.83. The van der Waals surface area contributed by atoms with Crippen LogP contribution in [0.3, 0.4) is 0 Å². The van der Waals surface area contributed by atoms with Gasteiger partial charge in [0.2, 0.25) is 0 Å². The average Bonchev–Trinajstić information content (AvgIpc) is 3.03. The number of urea groups is 1. The third-order valence-corrected chi connectivity index (χ3v) is 3.84. The number of rotatable bonds is 2. The number of nitrogens with one attached hydrogen (secondary N) is 2. The molecule has 0 spiro atoms. The van der Waals surface area contributed by atoms with E-state index in [2.05, 4.69) is 40.9 Å². The van der Waals surface area contributed by atoms with E-state index < -0.39 is 0 Å². The zero-order valence-corrected chi connectivity index (χ0v) is 13.8. The van der Waals surface area contributed by atoms with E-state index in [4.69, 9.17) is 0 Å². The molecule has 2 heterocycles. The van der Waals surface area contributed by atoms with Crippen molar-refractivity contribution >= 4 is 11.6 Å². The molecule has 0 radical (unpaired) electrons. The first kappa shape index (κ1) is 15.8. The molecule has 0 fully saturated rings. The fourth-order valence-corrected chi connectivity index (χ4v) is 2.61. The zero-order valence-electron chi connectivity index (χ0n) is 13.8. The van der Waals surface area contributed by atoms with Crippen molar-refractivity contribution in [1.82, 2.24) is 20.2 Å². The van der Waals surface area contributed by atoms with Gasteiger partial charge in [0, 0.05) is 30.4 Å². The van der Waals surface area contributed by atoms with Gasteiger partial charge in [0.05, 0.1) is 17.7 Å². The van der Waals surface area contributed by atoms with E-state index >= 15 is 0 Å². The Morgan fingerprint density at radius 1 is 1.33 bits per heavy atom. The van der Waals surface area contributed by atoms with Crippen molar-refractivity contribution in [3.63, 3.8) is 0 Å². The fourth-order valence-electron chi connectivity index (χ4n) is 2.61. The molecule has 0 unspecified atom stereocenters. The molecule has 0 saturated heterocycles. The van der Waals surface area contributed by atoms with E-state index in [9.17, 15) is 4.79 Å². The van der Waals surface area contributed by atoms with Crippen LogP contribution in [0, 0.1) is 6.92 Å². The third kappa shape index (κ3) is 3.30. The first-order valence-corrected chi connectivity index (χ1v) is 7.74. The number of aromatic amines is 1. The van der Waals surface area contributed by atoms with Crippen LogP contribution >= 0.6 is 0 Å². The van der Waals surface area contributed by atoms with Gasteiger partial charge in [-0.25, -0.2) is 9.78 Å². The molecule has 0 atom stereocenters. The Morgan fingerprint density at radius 2 is 2.17 bits per heavy atom. The first-order valence-electron chi connectivity index (χ1n) is 7.74. The molecule has 3 rings (SSSR count). The SMILES string of the molecule is C=C1/C=C(c2nc[nH]c2-c2cccc(C)c2)\C=C/CN(C)C(=O)N1. The number of carbonyl (C=O) groups is 1. The predicted molar refractivity (Wildman–Crippen MR) is 96.2 cm³/mol. The molecule has 5 nitrogen and oxygen atoms in total. The van der Waals surface area contributed by atoms with Crippen LogP contribution in [0.5, 0.6) is 0 Å². The molecular formula is C19H20N4O. The summed E-state index contributed by atoms with van der Waals surface area (Å²) < 4.78 is 0. The number of hydrogen-bond acceptors (Lipinski definition) is 2. The van der Waals surface area contributed by atoms with Crippen molar-refractivity contribution in [1.29, 1.82) is 0 Å². The summed E-state index contributed by atoms with van der Waals surface area (Å²) >= 11 is 0. The van der Waals surface area contributed by atoms with Gasteiger partial charge in [-0.3, -0.25) is 0 Å². The van der Waals surface area contributed by atoms with Crippen LogP contribution in [0.1, 0.15) is 11.3 Å².